The molecule has 2 aromatic carbocycles. The molecule has 32 heavy (non-hydrogen) atoms. The van der Waals surface area contributed by atoms with Crippen molar-refractivity contribution in [2.45, 2.75) is 60.5 Å². The van der Waals surface area contributed by atoms with Crippen molar-refractivity contribution in [3.63, 3.8) is 0 Å². The van der Waals surface area contributed by atoms with E-state index in [0.29, 0.717) is 39.7 Å². The number of nitrogens with zero attached hydrogens (tertiary/aromatic N) is 1. The smallest absolute Gasteiger partial charge is 0.259 e. The molecule has 1 saturated carbocycles. The Morgan fingerprint density at radius 3 is 2.69 bits per heavy atom. The van der Waals surface area contributed by atoms with E-state index in [9.17, 15) is 13.8 Å². The summed E-state index contributed by atoms with van der Waals surface area (Å²) in [6.45, 7) is 2.94. The normalized spacial score (nSPS) is 18.6. The Balaban J connectivity index is 1.43. The molecule has 0 unspecified atom stereocenters. The number of rotatable bonds is 7. The number of carbonyl (C=O) groups excluding carboxylic acids is 2. The number of benzene rings is 2. The topological polar surface area (TPSA) is 66.5 Å². The molecule has 4 rings (SSSR count). The second-order valence-electron chi connectivity index (χ2n) is 8.24. The van der Waals surface area contributed by atoms with Gasteiger partial charge in [-0.3, -0.25) is 9.59 Å². The SMILES string of the molecule is CCN1C(=O)c2ccccc2[S@@](=O)c2ccc(C(=O)NCCCSC3CCCCC3)cc21. The van der Waals surface area contributed by atoms with E-state index in [1.54, 1.807) is 47.4 Å². The summed E-state index contributed by atoms with van der Waals surface area (Å²) in [5, 5.41) is 3.78. The second kappa shape index (κ2) is 10.7. The zero-order valence-electron chi connectivity index (χ0n) is 18.5. The first-order valence-corrected chi connectivity index (χ1v) is 13.7. The fraction of sp³-hybridized carbons (Fsp3) is 0.440. The van der Waals surface area contributed by atoms with Crippen LogP contribution in [0.1, 0.15) is 66.2 Å². The quantitative estimate of drug-likeness (QED) is 0.577. The predicted octanol–water partition coefficient (Wildman–Crippen LogP) is 5.02. The first-order valence-electron chi connectivity index (χ1n) is 11.5. The minimum absolute atomic E-state index is 0.161. The second-order valence-corrected chi connectivity index (χ2v) is 11.1. The van der Waals surface area contributed by atoms with Crippen molar-refractivity contribution >= 4 is 40.1 Å². The van der Waals surface area contributed by atoms with Gasteiger partial charge in [-0.05, 0) is 62.3 Å². The molecule has 7 heteroatoms. The van der Waals surface area contributed by atoms with E-state index in [-0.39, 0.29) is 11.8 Å². The summed E-state index contributed by atoms with van der Waals surface area (Å²) in [6.07, 6.45) is 7.65. The maximum Gasteiger partial charge on any atom is 0.259 e. The summed E-state index contributed by atoms with van der Waals surface area (Å²) in [5.41, 5.74) is 1.48. The number of nitrogens with one attached hydrogen (secondary N) is 1. The van der Waals surface area contributed by atoms with E-state index >= 15 is 0 Å². The van der Waals surface area contributed by atoms with Crippen LogP contribution in [0.4, 0.5) is 5.69 Å². The third-order valence-electron chi connectivity index (χ3n) is 6.10. The number of fused-ring (bicyclic) bond motifs is 2. The van der Waals surface area contributed by atoms with Crippen LogP contribution in [-0.2, 0) is 10.8 Å². The highest BCUT2D eigenvalue weighted by Gasteiger charge is 2.30. The molecule has 2 aromatic rings. The van der Waals surface area contributed by atoms with Gasteiger partial charge in [-0.1, -0.05) is 31.4 Å². The minimum atomic E-state index is -1.48. The minimum Gasteiger partial charge on any atom is -0.352 e. The van der Waals surface area contributed by atoms with Gasteiger partial charge in [0.05, 0.1) is 31.8 Å². The highest BCUT2D eigenvalue weighted by molar-refractivity contribution is 7.99. The van der Waals surface area contributed by atoms with Gasteiger partial charge in [-0.2, -0.15) is 11.8 Å². The molecular weight excluding hydrogens is 440 g/mol. The molecule has 170 valence electrons. The summed E-state index contributed by atoms with van der Waals surface area (Å²) in [5.74, 6) is 0.712. The van der Waals surface area contributed by atoms with E-state index in [0.717, 1.165) is 17.4 Å². The Hall–Kier alpha value is -2.12. The Kier molecular flexibility index (Phi) is 7.68. The molecule has 0 spiro atoms. The predicted molar refractivity (Wildman–Crippen MR) is 131 cm³/mol. The lowest BCUT2D eigenvalue weighted by Gasteiger charge is -2.21. The highest BCUT2D eigenvalue weighted by atomic mass is 32.2. The molecule has 2 aliphatic rings. The van der Waals surface area contributed by atoms with Gasteiger partial charge in [-0.25, -0.2) is 4.21 Å². The fourth-order valence-electron chi connectivity index (χ4n) is 4.38. The molecule has 5 nitrogen and oxygen atoms in total. The van der Waals surface area contributed by atoms with Crippen molar-refractivity contribution < 1.29 is 13.8 Å². The number of carbonyl (C=O) groups is 2. The van der Waals surface area contributed by atoms with Gasteiger partial charge < -0.3 is 10.2 Å². The Labute approximate surface area is 196 Å². The Morgan fingerprint density at radius 1 is 1.12 bits per heavy atom. The zero-order chi connectivity index (χ0) is 22.5. The van der Waals surface area contributed by atoms with Crippen molar-refractivity contribution in [1.29, 1.82) is 0 Å². The average Bonchev–Trinajstić information content (AvgIpc) is 2.92. The van der Waals surface area contributed by atoms with E-state index in [1.807, 2.05) is 18.7 Å². The maximum atomic E-state index is 13.2. The van der Waals surface area contributed by atoms with Crippen molar-refractivity contribution in [3.8, 4) is 0 Å². The first kappa shape index (κ1) is 23.1. The van der Waals surface area contributed by atoms with E-state index in [4.69, 9.17) is 0 Å². The van der Waals surface area contributed by atoms with Crippen LogP contribution in [0.5, 0.6) is 0 Å². The summed E-state index contributed by atoms with van der Waals surface area (Å²) in [4.78, 5) is 28.6. The molecule has 0 aromatic heterocycles. The molecule has 1 N–H and O–H groups in total. The Morgan fingerprint density at radius 2 is 1.91 bits per heavy atom. The van der Waals surface area contributed by atoms with Crippen molar-refractivity contribution in [2.24, 2.45) is 0 Å². The molecule has 1 aliphatic heterocycles. The molecule has 1 fully saturated rings. The van der Waals surface area contributed by atoms with Crippen molar-refractivity contribution in [3.05, 3.63) is 53.6 Å². The monoisotopic (exact) mass is 470 g/mol. The molecule has 1 heterocycles. The van der Waals surface area contributed by atoms with Gasteiger partial charge in [0, 0.05) is 23.9 Å². The van der Waals surface area contributed by atoms with Crippen LogP contribution in [0.25, 0.3) is 0 Å². The van der Waals surface area contributed by atoms with Gasteiger partial charge in [-0.15, -0.1) is 0 Å². The zero-order valence-corrected chi connectivity index (χ0v) is 20.1. The van der Waals surface area contributed by atoms with Crippen LogP contribution in [0, 0.1) is 0 Å². The van der Waals surface area contributed by atoms with Crippen molar-refractivity contribution in [1.82, 2.24) is 5.32 Å². The number of thioether (sulfide) groups is 1. The van der Waals surface area contributed by atoms with Crippen LogP contribution >= 0.6 is 11.8 Å². The third kappa shape index (κ3) is 4.94. The average molecular weight is 471 g/mol. The lowest BCUT2D eigenvalue weighted by Crippen LogP contribution is -2.31. The van der Waals surface area contributed by atoms with Crippen LogP contribution in [0.2, 0.25) is 0 Å². The van der Waals surface area contributed by atoms with E-state index in [2.05, 4.69) is 5.32 Å². The van der Waals surface area contributed by atoms with Gasteiger partial charge in [0.2, 0.25) is 0 Å². The third-order valence-corrected chi connectivity index (χ3v) is 9.07. The molecular formula is C25H30N2O3S2. The number of amides is 2. The molecule has 0 saturated heterocycles. The lowest BCUT2D eigenvalue weighted by atomic mass is 10.0. The number of hydrogen-bond donors (Lipinski definition) is 1. The molecule has 1 aliphatic carbocycles. The Bertz CT molecular complexity index is 1020. The molecule has 0 radical (unpaired) electrons. The molecule has 2 amide bonds. The highest BCUT2D eigenvalue weighted by Crippen LogP contribution is 2.35. The molecule has 0 bridgehead atoms. The summed E-state index contributed by atoms with van der Waals surface area (Å²) in [7, 11) is -1.48. The summed E-state index contributed by atoms with van der Waals surface area (Å²) < 4.78 is 13.2. The largest absolute Gasteiger partial charge is 0.352 e. The van der Waals surface area contributed by atoms with Crippen LogP contribution in [0.15, 0.2) is 52.3 Å². The van der Waals surface area contributed by atoms with Gasteiger partial charge in [0.15, 0.2) is 0 Å². The fourth-order valence-corrected chi connectivity index (χ4v) is 7.03. The first-order chi connectivity index (χ1) is 15.6. The van der Waals surface area contributed by atoms with Crippen LogP contribution in [-0.4, -0.2) is 40.1 Å². The van der Waals surface area contributed by atoms with Gasteiger partial charge >= 0.3 is 0 Å². The maximum absolute atomic E-state index is 13.2. The van der Waals surface area contributed by atoms with Gasteiger partial charge in [0.25, 0.3) is 11.8 Å². The van der Waals surface area contributed by atoms with Crippen molar-refractivity contribution in [2.75, 3.05) is 23.7 Å². The lowest BCUT2D eigenvalue weighted by molar-refractivity contribution is 0.0950. The van der Waals surface area contributed by atoms with E-state index < -0.39 is 10.8 Å². The van der Waals surface area contributed by atoms with Gasteiger partial charge in [0.1, 0.15) is 0 Å². The number of hydrogen-bond acceptors (Lipinski definition) is 4. The summed E-state index contributed by atoms with van der Waals surface area (Å²) in [6, 6.07) is 12.1. The number of anilines is 1. The van der Waals surface area contributed by atoms with Crippen LogP contribution in [0.3, 0.4) is 0 Å². The summed E-state index contributed by atoms with van der Waals surface area (Å²) >= 11 is 2.03. The standard InChI is InChI=1S/C25H30N2O3S2/c1-2-27-21-17-18(24(28)26-15-8-16-31-19-9-4-3-5-10-19)13-14-23(21)32(30)22-12-7-6-11-20(22)25(27)29/h6-7,11-14,17,19H,2-5,8-10,15-16H2,1H3,(H,26,28)/t32-/m1/s1. The molecule has 1 atom stereocenters. The van der Waals surface area contributed by atoms with E-state index in [1.165, 1.54) is 32.1 Å². The van der Waals surface area contributed by atoms with Crippen LogP contribution < -0.4 is 10.2 Å².